The quantitative estimate of drug-likeness (QED) is 0.631. The Bertz CT molecular complexity index is 305. The Balaban J connectivity index is 2.70. The maximum absolute atomic E-state index is 11.4. The Hall–Kier alpha value is -1.29. The van der Waals surface area contributed by atoms with E-state index in [1.54, 1.807) is 0 Å². The van der Waals surface area contributed by atoms with Gasteiger partial charge in [-0.2, -0.15) is 0 Å². The molecule has 1 aromatic heterocycles. The molecule has 0 aromatic carbocycles. The van der Waals surface area contributed by atoms with Crippen molar-refractivity contribution in [3.8, 4) is 0 Å². The van der Waals surface area contributed by atoms with Crippen molar-refractivity contribution in [2.45, 2.75) is 13.8 Å². The lowest BCUT2D eigenvalue weighted by Gasteiger charge is -2.01. The number of aliphatic hydroxyl groups is 1. The topological polar surface area (TPSA) is 65.1 Å². The highest BCUT2D eigenvalue weighted by Crippen LogP contribution is 2.08. The summed E-state index contributed by atoms with van der Waals surface area (Å²) in [7, 11) is 0. The number of rotatable bonds is 3. The zero-order chi connectivity index (χ0) is 9.84. The number of aryl methyl sites for hydroxylation is 2. The van der Waals surface area contributed by atoms with Crippen LogP contribution < -0.4 is 5.32 Å². The lowest BCUT2D eigenvalue weighted by molar-refractivity contribution is 0.0939. The number of carbonyl (C=O) groups excluding carboxylic acids is 1. The van der Waals surface area contributed by atoms with Crippen LogP contribution in [0.1, 0.15) is 21.7 Å². The predicted octanol–water partition coefficient (Wildman–Crippen LogP) is 0.354. The molecule has 0 aliphatic heterocycles. The van der Waals surface area contributed by atoms with Crippen LogP contribution in [0.25, 0.3) is 0 Å². The number of nitrogens with one attached hydrogen (secondary N) is 2. The lowest BCUT2D eigenvalue weighted by atomic mass is 10.2. The van der Waals surface area contributed by atoms with Crippen LogP contribution >= 0.6 is 0 Å². The van der Waals surface area contributed by atoms with Gasteiger partial charge in [-0.25, -0.2) is 0 Å². The molecule has 0 atom stereocenters. The maximum Gasteiger partial charge on any atom is 0.268 e. The molecular weight excluding hydrogens is 168 g/mol. The molecule has 1 amide bonds. The van der Waals surface area contributed by atoms with Crippen LogP contribution in [0.5, 0.6) is 0 Å². The molecule has 0 saturated heterocycles. The molecule has 0 saturated carbocycles. The standard InChI is InChI=1S/C9H14N2O2/c1-6-5-7(2)11-8(6)9(13)10-3-4-12/h5,11-12H,3-4H2,1-2H3,(H,10,13). The summed E-state index contributed by atoms with van der Waals surface area (Å²) >= 11 is 0. The highest BCUT2D eigenvalue weighted by atomic mass is 16.3. The largest absolute Gasteiger partial charge is 0.395 e. The van der Waals surface area contributed by atoms with Crippen LogP contribution in [0, 0.1) is 13.8 Å². The fourth-order valence-corrected chi connectivity index (χ4v) is 1.22. The van der Waals surface area contributed by atoms with Crippen LogP contribution in [0.15, 0.2) is 6.07 Å². The van der Waals surface area contributed by atoms with Crippen molar-refractivity contribution in [2.75, 3.05) is 13.2 Å². The molecule has 0 spiro atoms. The Morgan fingerprint density at radius 2 is 2.31 bits per heavy atom. The molecule has 1 heterocycles. The maximum atomic E-state index is 11.4. The summed E-state index contributed by atoms with van der Waals surface area (Å²) in [6.07, 6.45) is 0. The van der Waals surface area contributed by atoms with Gasteiger partial charge in [0, 0.05) is 12.2 Å². The first-order valence-electron chi connectivity index (χ1n) is 4.20. The zero-order valence-electron chi connectivity index (χ0n) is 7.85. The van der Waals surface area contributed by atoms with Gasteiger partial charge in [-0.3, -0.25) is 4.79 Å². The Kier molecular flexibility index (Phi) is 3.08. The van der Waals surface area contributed by atoms with E-state index in [-0.39, 0.29) is 19.1 Å². The third kappa shape index (κ3) is 2.32. The van der Waals surface area contributed by atoms with E-state index >= 15 is 0 Å². The van der Waals surface area contributed by atoms with Gasteiger partial charge in [0.2, 0.25) is 0 Å². The first-order valence-corrected chi connectivity index (χ1v) is 4.20. The van der Waals surface area contributed by atoms with E-state index < -0.39 is 0 Å². The van der Waals surface area contributed by atoms with Gasteiger partial charge >= 0.3 is 0 Å². The van der Waals surface area contributed by atoms with Crippen molar-refractivity contribution in [1.82, 2.24) is 10.3 Å². The minimum absolute atomic E-state index is 0.0372. The summed E-state index contributed by atoms with van der Waals surface area (Å²) in [5.41, 5.74) is 2.46. The summed E-state index contributed by atoms with van der Waals surface area (Å²) in [6.45, 7) is 4.02. The molecule has 0 radical (unpaired) electrons. The van der Waals surface area contributed by atoms with E-state index in [2.05, 4.69) is 10.3 Å². The molecule has 0 fully saturated rings. The molecule has 0 bridgehead atoms. The monoisotopic (exact) mass is 182 g/mol. The summed E-state index contributed by atoms with van der Waals surface area (Å²) in [5.74, 6) is -0.167. The molecule has 72 valence electrons. The van der Waals surface area contributed by atoms with Crippen molar-refractivity contribution in [3.63, 3.8) is 0 Å². The lowest BCUT2D eigenvalue weighted by Crippen LogP contribution is -2.27. The zero-order valence-corrected chi connectivity index (χ0v) is 7.85. The van der Waals surface area contributed by atoms with Gasteiger partial charge in [-0.05, 0) is 25.5 Å². The van der Waals surface area contributed by atoms with Gasteiger partial charge < -0.3 is 15.4 Å². The van der Waals surface area contributed by atoms with Crippen molar-refractivity contribution in [2.24, 2.45) is 0 Å². The van der Waals surface area contributed by atoms with Gasteiger partial charge in [0.1, 0.15) is 5.69 Å². The second-order valence-corrected chi connectivity index (χ2v) is 2.99. The van der Waals surface area contributed by atoms with Gasteiger partial charge in [0.25, 0.3) is 5.91 Å². The fourth-order valence-electron chi connectivity index (χ4n) is 1.22. The minimum Gasteiger partial charge on any atom is -0.395 e. The molecule has 0 unspecified atom stereocenters. The Morgan fingerprint density at radius 1 is 1.62 bits per heavy atom. The normalized spacial score (nSPS) is 10.1. The highest BCUT2D eigenvalue weighted by molar-refractivity contribution is 5.93. The first-order chi connectivity index (χ1) is 6.15. The number of aromatic nitrogens is 1. The number of hydrogen-bond donors (Lipinski definition) is 3. The molecule has 1 rings (SSSR count). The van der Waals surface area contributed by atoms with Crippen LogP contribution in [0.2, 0.25) is 0 Å². The van der Waals surface area contributed by atoms with Gasteiger partial charge in [-0.15, -0.1) is 0 Å². The van der Waals surface area contributed by atoms with E-state index in [9.17, 15) is 4.79 Å². The van der Waals surface area contributed by atoms with E-state index in [4.69, 9.17) is 5.11 Å². The number of H-pyrrole nitrogens is 1. The summed E-state index contributed by atoms with van der Waals surface area (Å²) < 4.78 is 0. The summed E-state index contributed by atoms with van der Waals surface area (Å²) in [5, 5.41) is 11.1. The molecule has 4 heteroatoms. The van der Waals surface area contributed by atoms with E-state index in [0.717, 1.165) is 11.3 Å². The van der Waals surface area contributed by atoms with Gasteiger partial charge in [0.15, 0.2) is 0 Å². The highest BCUT2D eigenvalue weighted by Gasteiger charge is 2.09. The van der Waals surface area contributed by atoms with E-state index in [0.29, 0.717) is 5.69 Å². The fraction of sp³-hybridized carbons (Fsp3) is 0.444. The van der Waals surface area contributed by atoms with Crippen LogP contribution in [0.4, 0.5) is 0 Å². The predicted molar refractivity (Wildman–Crippen MR) is 49.7 cm³/mol. The number of carbonyl (C=O) groups is 1. The number of hydrogen-bond acceptors (Lipinski definition) is 2. The van der Waals surface area contributed by atoms with Crippen molar-refractivity contribution < 1.29 is 9.90 Å². The SMILES string of the molecule is Cc1cc(C)c(C(=O)NCCO)[nH]1. The van der Waals surface area contributed by atoms with Crippen molar-refractivity contribution >= 4 is 5.91 Å². The number of amides is 1. The molecule has 1 aromatic rings. The molecular formula is C9H14N2O2. The first kappa shape index (κ1) is 9.80. The van der Waals surface area contributed by atoms with Crippen molar-refractivity contribution in [3.05, 3.63) is 23.0 Å². The molecule has 0 aliphatic carbocycles. The van der Waals surface area contributed by atoms with Gasteiger partial charge in [-0.1, -0.05) is 0 Å². The number of aromatic amines is 1. The minimum atomic E-state index is -0.167. The average Bonchev–Trinajstić information content (AvgIpc) is 2.41. The molecule has 3 N–H and O–H groups in total. The van der Waals surface area contributed by atoms with E-state index in [1.165, 1.54) is 0 Å². The summed E-state index contributed by atoms with van der Waals surface area (Å²) in [6, 6.07) is 1.91. The van der Waals surface area contributed by atoms with Crippen LogP contribution in [-0.2, 0) is 0 Å². The number of aliphatic hydroxyl groups excluding tert-OH is 1. The van der Waals surface area contributed by atoms with Crippen LogP contribution in [-0.4, -0.2) is 29.1 Å². The average molecular weight is 182 g/mol. The van der Waals surface area contributed by atoms with Gasteiger partial charge in [0.05, 0.1) is 6.61 Å². The van der Waals surface area contributed by atoms with Crippen molar-refractivity contribution in [1.29, 1.82) is 0 Å². The molecule has 4 nitrogen and oxygen atoms in total. The Morgan fingerprint density at radius 3 is 2.77 bits per heavy atom. The summed E-state index contributed by atoms with van der Waals surface area (Å²) in [4.78, 5) is 14.3. The Labute approximate surface area is 77.0 Å². The smallest absolute Gasteiger partial charge is 0.268 e. The second kappa shape index (κ2) is 4.09. The molecule has 0 aliphatic rings. The third-order valence-electron chi connectivity index (χ3n) is 1.77. The van der Waals surface area contributed by atoms with E-state index in [1.807, 2.05) is 19.9 Å². The van der Waals surface area contributed by atoms with Crippen LogP contribution in [0.3, 0.4) is 0 Å². The second-order valence-electron chi connectivity index (χ2n) is 2.99. The third-order valence-corrected chi connectivity index (χ3v) is 1.77. The molecule has 13 heavy (non-hydrogen) atoms.